The van der Waals surface area contributed by atoms with E-state index in [1.807, 2.05) is 0 Å². The number of aliphatic carboxylic acids is 1. The van der Waals surface area contributed by atoms with Crippen LogP contribution in [0.15, 0.2) is 0 Å². The third-order valence-electron chi connectivity index (χ3n) is 4.96. The summed E-state index contributed by atoms with van der Waals surface area (Å²) in [5.41, 5.74) is 0. The lowest BCUT2D eigenvalue weighted by molar-refractivity contribution is -0.149. The third-order valence-corrected chi connectivity index (χ3v) is 4.96. The van der Waals surface area contributed by atoms with Crippen LogP contribution in [0.2, 0.25) is 0 Å². The largest absolute Gasteiger partial charge is 0.479 e. The molecule has 106 valence electrons. The summed E-state index contributed by atoms with van der Waals surface area (Å²) in [5, 5.41) is 11.8. The van der Waals surface area contributed by atoms with Gasteiger partial charge in [0.25, 0.3) is 0 Å². The van der Waals surface area contributed by atoms with E-state index in [9.17, 15) is 9.59 Å². The Kier molecular flexibility index (Phi) is 3.48. The normalized spacial score (nSPS) is 40.5. The molecule has 3 aliphatic rings. The summed E-state index contributed by atoms with van der Waals surface area (Å²) < 4.78 is 5.38. The molecular weight excluding hydrogens is 246 g/mol. The van der Waals surface area contributed by atoms with Gasteiger partial charge in [0.1, 0.15) is 0 Å². The highest BCUT2D eigenvalue weighted by Gasteiger charge is 2.43. The van der Waals surface area contributed by atoms with Gasteiger partial charge in [-0.3, -0.25) is 4.79 Å². The number of carbonyl (C=O) groups is 2. The first-order valence-electron chi connectivity index (χ1n) is 7.29. The lowest BCUT2D eigenvalue weighted by Gasteiger charge is -2.21. The van der Waals surface area contributed by atoms with Crippen LogP contribution in [-0.4, -0.2) is 35.7 Å². The maximum Gasteiger partial charge on any atom is 0.332 e. The summed E-state index contributed by atoms with van der Waals surface area (Å²) in [5.74, 6) is 0.785. The predicted octanol–water partition coefficient (Wildman–Crippen LogP) is 1.17. The molecule has 0 aromatic heterocycles. The topological polar surface area (TPSA) is 75.6 Å². The molecule has 3 rings (SSSR count). The summed E-state index contributed by atoms with van der Waals surface area (Å²) in [6, 6.07) is 0. The second-order valence-electron chi connectivity index (χ2n) is 6.19. The van der Waals surface area contributed by atoms with Gasteiger partial charge in [0.2, 0.25) is 5.91 Å². The molecule has 5 heteroatoms. The lowest BCUT2D eigenvalue weighted by Crippen LogP contribution is -2.38. The molecule has 2 bridgehead atoms. The molecule has 1 saturated heterocycles. The van der Waals surface area contributed by atoms with Gasteiger partial charge in [-0.1, -0.05) is 6.42 Å². The highest BCUT2D eigenvalue weighted by molar-refractivity contribution is 5.79. The molecule has 1 aliphatic heterocycles. The lowest BCUT2D eigenvalue weighted by atomic mass is 9.88. The summed E-state index contributed by atoms with van der Waals surface area (Å²) in [4.78, 5) is 22.9. The first-order chi connectivity index (χ1) is 9.13. The van der Waals surface area contributed by atoms with Gasteiger partial charge >= 0.3 is 5.97 Å². The number of amides is 1. The second kappa shape index (κ2) is 5.12. The van der Waals surface area contributed by atoms with Gasteiger partial charge in [0, 0.05) is 12.5 Å². The Labute approximate surface area is 112 Å². The highest BCUT2D eigenvalue weighted by Crippen LogP contribution is 2.48. The van der Waals surface area contributed by atoms with Gasteiger partial charge in [-0.05, 0) is 43.9 Å². The standard InChI is InChI=1S/C14H21NO4/c16-13(11-6-8-1-2-9(11)5-8)15-7-10-3-4-12(19-10)14(17)18/h8-12H,1-7H2,(H,15,16)(H,17,18). The summed E-state index contributed by atoms with van der Waals surface area (Å²) in [6.45, 7) is 0.455. The van der Waals surface area contributed by atoms with E-state index >= 15 is 0 Å². The first kappa shape index (κ1) is 12.9. The van der Waals surface area contributed by atoms with Crippen molar-refractivity contribution in [1.29, 1.82) is 0 Å². The van der Waals surface area contributed by atoms with Crippen LogP contribution < -0.4 is 5.32 Å². The van der Waals surface area contributed by atoms with Gasteiger partial charge in [0.15, 0.2) is 6.10 Å². The van der Waals surface area contributed by atoms with Crippen molar-refractivity contribution in [2.45, 2.75) is 50.7 Å². The molecule has 2 N–H and O–H groups in total. The average molecular weight is 267 g/mol. The van der Waals surface area contributed by atoms with Crippen molar-refractivity contribution in [2.24, 2.45) is 17.8 Å². The second-order valence-corrected chi connectivity index (χ2v) is 6.19. The molecule has 2 saturated carbocycles. The minimum Gasteiger partial charge on any atom is -0.479 e. The summed E-state index contributed by atoms with van der Waals surface area (Å²) in [6.07, 6.45) is 5.19. The summed E-state index contributed by atoms with van der Waals surface area (Å²) >= 11 is 0. The van der Waals surface area contributed by atoms with Crippen molar-refractivity contribution in [3.63, 3.8) is 0 Å². The Morgan fingerprint density at radius 3 is 2.58 bits per heavy atom. The van der Waals surface area contributed by atoms with Crippen LogP contribution in [0.5, 0.6) is 0 Å². The van der Waals surface area contributed by atoms with Crippen molar-refractivity contribution in [1.82, 2.24) is 5.32 Å². The van der Waals surface area contributed by atoms with Crippen LogP contribution in [-0.2, 0) is 14.3 Å². The Morgan fingerprint density at radius 1 is 1.16 bits per heavy atom. The van der Waals surface area contributed by atoms with E-state index in [4.69, 9.17) is 9.84 Å². The van der Waals surface area contributed by atoms with Crippen molar-refractivity contribution in [3.8, 4) is 0 Å². The fraction of sp³-hybridized carbons (Fsp3) is 0.857. The third kappa shape index (κ3) is 2.61. The van der Waals surface area contributed by atoms with Gasteiger partial charge in [-0.2, -0.15) is 0 Å². The molecule has 5 atom stereocenters. The SMILES string of the molecule is O=C(O)C1CCC(CNC(=O)C2CC3CCC2C3)O1. The minimum atomic E-state index is -0.901. The number of carbonyl (C=O) groups excluding carboxylic acids is 1. The summed E-state index contributed by atoms with van der Waals surface area (Å²) in [7, 11) is 0. The van der Waals surface area contributed by atoms with Gasteiger partial charge in [0.05, 0.1) is 6.10 Å². The Balaban J connectivity index is 1.43. The zero-order valence-corrected chi connectivity index (χ0v) is 11.0. The predicted molar refractivity (Wildman–Crippen MR) is 67.5 cm³/mol. The van der Waals surface area contributed by atoms with Gasteiger partial charge < -0.3 is 15.2 Å². The number of hydrogen-bond acceptors (Lipinski definition) is 3. The molecule has 5 unspecified atom stereocenters. The highest BCUT2D eigenvalue weighted by atomic mass is 16.5. The van der Waals surface area contributed by atoms with Gasteiger partial charge in [-0.25, -0.2) is 4.79 Å². The molecule has 5 nitrogen and oxygen atoms in total. The maximum absolute atomic E-state index is 12.1. The number of carboxylic acid groups (broad SMARTS) is 1. The van der Waals surface area contributed by atoms with Crippen LogP contribution in [0.25, 0.3) is 0 Å². The molecule has 0 radical (unpaired) electrons. The van der Waals surface area contributed by atoms with E-state index in [-0.39, 0.29) is 17.9 Å². The maximum atomic E-state index is 12.1. The minimum absolute atomic E-state index is 0.136. The number of fused-ring (bicyclic) bond motifs is 2. The number of ether oxygens (including phenoxy) is 1. The van der Waals surface area contributed by atoms with E-state index in [1.165, 1.54) is 19.3 Å². The van der Waals surface area contributed by atoms with E-state index in [1.54, 1.807) is 0 Å². The monoisotopic (exact) mass is 267 g/mol. The van der Waals surface area contributed by atoms with E-state index in [0.29, 0.717) is 25.3 Å². The number of nitrogens with one attached hydrogen (secondary N) is 1. The van der Waals surface area contributed by atoms with Gasteiger partial charge in [-0.15, -0.1) is 0 Å². The number of carboxylic acids is 1. The molecule has 3 fully saturated rings. The molecule has 0 aromatic rings. The van der Waals surface area contributed by atoms with Crippen molar-refractivity contribution < 1.29 is 19.4 Å². The van der Waals surface area contributed by atoms with Crippen LogP contribution >= 0.6 is 0 Å². The van der Waals surface area contributed by atoms with Crippen molar-refractivity contribution in [2.75, 3.05) is 6.54 Å². The van der Waals surface area contributed by atoms with Crippen LogP contribution in [0.4, 0.5) is 0 Å². The first-order valence-corrected chi connectivity index (χ1v) is 7.29. The fourth-order valence-corrected chi connectivity index (χ4v) is 3.95. The van der Waals surface area contributed by atoms with E-state index in [2.05, 4.69) is 5.32 Å². The molecular formula is C14H21NO4. The zero-order valence-electron chi connectivity index (χ0n) is 11.0. The molecule has 1 heterocycles. The zero-order chi connectivity index (χ0) is 13.4. The quantitative estimate of drug-likeness (QED) is 0.801. The van der Waals surface area contributed by atoms with Crippen LogP contribution in [0.3, 0.4) is 0 Å². The molecule has 19 heavy (non-hydrogen) atoms. The Bertz CT molecular complexity index is 384. The molecule has 2 aliphatic carbocycles. The fourth-order valence-electron chi connectivity index (χ4n) is 3.95. The Hall–Kier alpha value is -1.10. The molecule has 0 spiro atoms. The average Bonchev–Trinajstić information content (AvgIpc) is 3.11. The smallest absolute Gasteiger partial charge is 0.332 e. The Morgan fingerprint density at radius 2 is 2.00 bits per heavy atom. The van der Waals surface area contributed by atoms with E-state index in [0.717, 1.165) is 12.3 Å². The number of hydrogen-bond donors (Lipinski definition) is 2. The number of rotatable bonds is 4. The van der Waals surface area contributed by atoms with Crippen LogP contribution in [0.1, 0.15) is 38.5 Å². The van der Waals surface area contributed by atoms with Crippen LogP contribution in [0, 0.1) is 17.8 Å². The van der Waals surface area contributed by atoms with Crippen molar-refractivity contribution in [3.05, 3.63) is 0 Å². The molecule has 1 amide bonds. The van der Waals surface area contributed by atoms with E-state index < -0.39 is 12.1 Å². The van der Waals surface area contributed by atoms with Crippen molar-refractivity contribution >= 4 is 11.9 Å². The molecule has 0 aromatic carbocycles.